The van der Waals surface area contributed by atoms with Crippen LogP contribution in [0.1, 0.15) is 12.8 Å². The molecule has 0 aromatic heterocycles. The lowest BCUT2D eigenvalue weighted by Crippen LogP contribution is -2.32. The Hall–Kier alpha value is -2.42. The molecule has 2 aromatic rings. The highest BCUT2D eigenvalue weighted by Gasteiger charge is 2.19. The maximum Gasteiger partial charge on any atom is 0.417 e. The van der Waals surface area contributed by atoms with Crippen LogP contribution < -0.4 is 14.8 Å². The molecule has 8 heteroatoms. The van der Waals surface area contributed by atoms with Crippen molar-refractivity contribution in [2.45, 2.75) is 17.7 Å². The minimum atomic E-state index is -3.59. The first kappa shape index (κ1) is 19.3. The number of rotatable bonds is 6. The lowest BCUT2D eigenvalue weighted by atomic mass is 10.0. The Kier molecular flexibility index (Phi) is 6.44. The largest absolute Gasteiger partial charge is 0.417 e. The first-order chi connectivity index (χ1) is 13.0. The number of hydrogen-bond donors (Lipinski definition) is 2. The fourth-order valence-corrected chi connectivity index (χ4v) is 3.83. The molecule has 2 aromatic carbocycles. The van der Waals surface area contributed by atoms with Crippen LogP contribution in [0.15, 0.2) is 59.5 Å². The number of anilines is 1. The molecule has 0 spiro atoms. The molecule has 1 aliphatic rings. The van der Waals surface area contributed by atoms with Crippen molar-refractivity contribution in [1.82, 2.24) is 4.72 Å². The molecule has 2 N–H and O–H groups in total. The monoisotopic (exact) mass is 390 g/mol. The van der Waals surface area contributed by atoms with Gasteiger partial charge in [-0.2, -0.15) is 0 Å². The average Bonchev–Trinajstić information content (AvgIpc) is 2.68. The number of ether oxygens (including phenoxy) is 2. The molecule has 0 aliphatic carbocycles. The molecule has 0 bridgehead atoms. The molecule has 0 saturated carbocycles. The molecular formula is C19H22N2O5S. The highest BCUT2D eigenvalue weighted by molar-refractivity contribution is 7.89. The van der Waals surface area contributed by atoms with Crippen LogP contribution in [-0.2, 0) is 14.8 Å². The lowest BCUT2D eigenvalue weighted by Gasteiger charge is -2.22. The smallest absolute Gasteiger partial charge is 0.410 e. The zero-order valence-corrected chi connectivity index (χ0v) is 15.6. The zero-order valence-electron chi connectivity index (χ0n) is 14.8. The molecule has 1 aliphatic heterocycles. The van der Waals surface area contributed by atoms with Gasteiger partial charge in [0.15, 0.2) is 0 Å². The molecule has 27 heavy (non-hydrogen) atoms. The minimum Gasteiger partial charge on any atom is -0.410 e. The number of nitrogens with one attached hydrogen (secondary N) is 2. The van der Waals surface area contributed by atoms with Gasteiger partial charge in [0.25, 0.3) is 0 Å². The highest BCUT2D eigenvalue weighted by Crippen LogP contribution is 2.17. The van der Waals surface area contributed by atoms with Crippen molar-refractivity contribution < 1.29 is 22.7 Å². The molecule has 1 saturated heterocycles. The van der Waals surface area contributed by atoms with Crippen LogP contribution in [0.25, 0.3) is 0 Å². The Morgan fingerprint density at radius 3 is 2.37 bits per heavy atom. The number of carbonyl (C=O) groups excluding carboxylic acids is 1. The minimum absolute atomic E-state index is 0.150. The van der Waals surface area contributed by atoms with Gasteiger partial charge in [0, 0.05) is 25.4 Å². The van der Waals surface area contributed by atoms with Gasteiger partial charge in [0.2, 0.25) is 10.0 Å². The van der Waals surface area contributed by atoms with Crippen LogP contribution in [0.5, 0.6) is 5.75 Å². The van der Waals surface area contributed by atoms with Gasteiger partial charge in [0.1, 0.15) is 5.75 Å². The van der Waals surface area contributed by atoms with E-state index in [1.54, 1.807) is 24.3 Å². The van der Waals surface area contributed by atoms with Crippen molar-refractivity contribution in [1.29, 1.82) is 0 Å². The standard InChI is InChI=1S/C19H22N2O5S/c22-19(26-17-4-2-1-3-5-17)21-16-6-8-18(9-7-16)27(23,24)20-14-15-10-12-25-13-11-15/h1-9,15,20H,10-14H2,(H,21,22). The van der Waals surface area contributed by atoms with E-state index in [4.69, 9.17) is 9.47 Å². The Balaban J connectivity index is 1.54. The van der Waals surface area contributed by atoms with Crippen LogP contribution in [0.3, 0.4) is 0 Å². The summed E-state index contributed by atoms with van der Waals surface area (Å²) < 4.78 is 37.8. The number of benzene rings is 2. The molecule has 1 amide bonds. The van der Waals surface area contributed by atoms with Crippen LogP contribution in [0.2, 0.25) is 0 Å². The van der Waals surface area contributed by atoms with E-state index in [2.05, 4.69) is 10.0 Å². The lowest BCUT2D eigenvalue weighted by molar-refractivity contribution is 0.0678. The number of hydrogen-bond acceptors (Lipinski definition) is 5. The van der Waals surface area contributed by atoms with E-state index in [0.717, 1.165) is 12.8 Å². The van der Waals surface area contributed by atoms with E-state index in [1.165, 1.54) is 24.3 Å². The van der Waals surface area contributed by atoms with Crippen molar-refractivity contribution >= 4 is 21.8 Å². The Morgan fingerprint density at radius 2 is 1.70 bits per heavy atom. The van der Waals surface area contributed by atoms with Gasteiger partial charge in [-0.1, -0.05) is 18.2 Å². The number of sulfonamides is 1. The fourth-order valence-electron chi connectivity index (χ4n) is 2.72. The quantitative estimate of drug-likeness (QED) is 0.791. The fraction of sp³-hybridized carbons (Fsp3) is 0.316. The molecule has 1 fully saturated rings. The van der Waals surface area contributed by atoms with Gasteiger partial charge in [0.05, 0.1) is 4.90 Å². The summed E-state index contributed by atoms with van der Waals surface area (Å²) in [6.45, 7) is 1.74. The average molecular weight is 390 g/mol. The number of carbonyl (C=O) groups is 1. The Labute approximate surface area is 158 Å². The summed E-state index contributed by atoms with van der Waals surface area (Å²) in [5, 5.41) is 2.56. The SMILES string of the molecule is O=C(Nc1ccc(S(=O)(=O)NCC2CCOCC2)cc1)Oc1ccccc1. The van der Waals surface area contributed by atoms with Gasteiger partial charge in [-0.05, 0) is 55.2 Å². The van der Waals surface area contributed by atoms with Gasteiger partial charge in [-0.3, -0.25) is 5.32 Å². The molecule has 144 valence electrons. The van der Waals surface area contributed by atoms with Gasteiger partial charge < -0.3 is 9.47 Å². The van der Waals surface area contributed by atoms with Crippen molar-refractivity contribution in [2.75, 3.05) is 25.1 Å². The van der Waals surface area contributed by atoms with E-state index in [-0.39, 0.29) is 4.90 Å². The third kappa shape index (κ3) is 5.78. The second-order valence-corrected chi connectivity index (χ2v) is 8.03. The molecule has 0 atom stereocenters. The van der Waals surface area contributed by atoms with E-state index < -0.39 is 16.1 Å². The van der Waals surface area contributed by atoms with Crippen LogP contribution in [0.4, 0.5) is 10.5 Å². The second-order valence-electron chi connectivity index (χ2n) is 6.26. The van der Waals surface area contributed by atoms with Crippen LogP contribution in [0, 0.1) is 5.92 Å². The summed E-state index contributed by atoms with van der Waals surface area (Å²) in [5.74, 6) is 0.716. The molecule has 7 nitrogen and oxygen atoms in total. The number of para-hydroxylation sites is 1. The second kappa shape index (κ2) is 8.98. The third-order valence-corrected chi connectivity index (χ3v) is 5.71. The number of amides is 1. The normalized spacial score (nSPS) is 15.3. The topological polar surface area (TPSA) is 93.7 Å². The van der Waals surface area contributed by atoms with Crippen LogP contribution >= 0.6 is 0 Å². The summed E-state index contributed by atoms with van der Waals surface area (Å²) in [7, 11) is -3.59. The highest BCUT2D eigenvalue weighted by atomic mass is 32.2. The maximum absolute atomic E-state index is 12.4. The van der Waals surface area contributed by atoms with E-state index in [9.17, 15) is 13.2 Å². The maximum atomic E-state index is 12.4. The summed E-state index contributed by atoms with van der Waals surface area (Å²) in [6, 6.07) is 14.6. The van der Waals surface area contributed by atoms with Crippen molar-refractivity contribution in [3.05, 3.63) is 54.6 Å². The molecule has 1 heterocycles. The van der Waals surface area contributed by atoms with Gasteiger partial charge in [-0.15, -0.1) is 0 Å². The predicted molar refractivity (Wildman–Crippen MR) is 101 cm³/mol. The van der Waals surface area contributed by atoms with Crippen molar-refractivity contribution in [3.8, 4) is 5.75 Å². The molecule has 0 radical (unpaired) electrons. The third-order valence-electron chi connectivity index (χ3n) is 4.27. The van der Waals surface area contributed by atoms with Gasteiger partial charge in [-0.25, -0.2) is 17.9 Å². The predicted octanol–water partition coefficient (Wildman–Crippen LogP) is 3.00. The first-order valence-electron chi connectivity index (χ1n) is 8.74. The van der Waals surface area contributed by atoms with Gasteiger partial charge >= 0.3 is 6.09 Å². The zero-order chi connectivity index (χ0) is 19.1. The first-order valence-corrected chi connectivity index (χ1v) is 10.2. The summed E-state index contributed by atoms with van der Waals surface area (Å²) in [4.78, 5) is 12.0. The summed E-state index contributed by atoms with van der Waals surface area (Å²) in [6.07, 6.45) is 1.07. The molecule has 0 unspecified atom stereocenters. The van der Waals surface area contributed by atoms with Crippen molar-refractivity contribution in [2.24, 2.45) is 5.92 Å². The summed E-state index contributed by atoms with van der Waals surface area (Å²) >= 11 is 0. The molecule has 3 rings (SSSR count). The van der Waals surface area contributed by atoms with Crippen LogP contribution in [-0.4, -0.2) is 34.3 Å². The van der Waals surface area contributed by atoms with Crippen molar-refractivity contribution in [3.63, 3.8) is 0 Å². The van der Waals surface area contributed by atoms with E-state index >= 15 is 0 Å². The van der Waals surface area contributed by atoms with E-state index in [0.29, 0.717) is 37.1 Å². The Morgan fingerprint density at radius 1 is 1.04 bits per heavy atom. The van der Waals surface area contributed by atoms with E-state index in [1.807, 2.05) is 6.07 Å². The summed E-state index contributed by atoms with van der Waals surface area (Å²) in [5.41, 5.74) is 0.444. The Bertz CT molecular complexity index is 847. The molecular weight excluding hydrogens is 368 g/mol.